The first-order valence-electron chi connectivity index (χ1n) is 8.10. The minimum Gasteiger partial charge on any atom is -0.375 e. The molecule has 0 spiro atoms. The summed E-state index contributed by atoms with van der Waals surface area (Å²) < 4.78 is 46.3. The molecule has 132 valence electrons. The fourth-order valence-electron chi connectivity index (χ4n) is 3.13. The van der Waals surface area contributed by atoms with Gasteiger partial charge in [-0.05, 0) is 37.1 Å². The molecule has 0 N–H and O–H groups in total. The number of aromatic nitrogens is 2. The SMILES string of the molecule is O=C(c1ccc(-n2nc(C(F)(F)F)c3c2COCC3)cc1)N1CCC1. The van der Waals surface area contributed by atoms with Crippen LogP contribution in [0.2, 0.25) is 0 Å². The lowest BCUT2D eigenvalue weighted by molar-refractivity contribution is -0.142. The molecule has 0 unspecified atom stereocenters. The molecule has 0 atom stereocenters. The molecule has 1 aromatic heterocycles. The third kappa shape index (κ3) is 2.80. The van der Waals surface area contributed by atoms with E-state index in [9.17, 15) is 18.0 Å². The Kier molecular flexibility index (Phi) is 3.79. The van der Waals surface area contributed by atoms with E-state index in [1.54, 1.807) is 29.2 Å². The van der Waals surface area contributed by atoms with E-state index in [-0.39, 0.29) is 31.1 Å². The topological polar surface area (TPSA) is 47.4 Å². The molecule has 2 aliphatic rings. The second-order valence-electron chi connectivity index (χ2n) is 6.18. The van der Waals surface area contributed by atoms with Crippen molar-refractivity contribution in [2.45, 2.75) is 25.6 Å². The minimum atomic E-state index is -4.50. The predicted octanol–water partition coefficient (Wildman–Crippen LogP) is 2.81. The molecule has 0 radical (unpaired) electrons. The van der Waals surface area contributed by atoms with Gasteiger partial charge in [-0.25, -0.2) is 4.68 Å². The lowest BCUT2D eigenvalue weighted by Crippen LogP contribution is -2.41. The van der Waals surface area contributed by atoms with E-state index in [1.165, 1.54) is 4.68 Å². The average Bonchev–Trinajstić information content (AvgIpc) is 2.93. The Morgan fingerprint density at radius 1 is 1.16 bits per heavy atom. The number of alkyl halides is 3. The number of fused-ring (bicyclic) bond motifs is 1. The summed E-state index contributed by atoms with van der Waals surface area (Å²) in [6, 6.07) is 6.49. The number of carbonyl (C=O) groups is 1. The van der Waals surface area contributed by atoms with Crippen LogP contribution in [-0.4, -0.2) is 40.3 Å². The summed E-state index contributed by atoms with van der Waals surface area (Å²) in [5.41, 5.74) is 0.764. The number of benzene rings is 1. The summed E-state index contributed by atoms with van der Waals surface area (Å²) in [6.45, 7) is 1.84. The first kappa shape index (κ1) is 16.1. The van der Waals surface area contributed by atoms with Gasteiger partial charge >= 0.3 is 6.18 Å². The minimum absolute atomic E-state index is 0.0559. The van der Waals surface area contributed by atoms with Crippen molar-refractivity contribution in [3.05, 3.63) is 46.8 Å². The maximum Gasteiger partial charge on any atom is 0.435 e. The Morgan fingerprint density at radius 2 is 1.88 bits per heavy atom. The van der Waals surface area contributed by atoms with Gasteiger partial charge in [0.15, 0.2) is 5.69 Å². The maximum atomic E-state index is 13.2. The summed E-state index contributed by atoms with van der Waals surface area (Å²) in [4.78, 5) is 13.9. The Hall–Kier alpha value is -2.35. The summed E-state index contributed by atoms with van der Waals surface area (Å²) in [6.07, 6.45) is -3.31. The molecule has 0 saturated carbocycles. The largest absolute Gasteiger partial charge is 0.435 e. The van der Waals surface area contributed by atoms with Gasteiger partial charge in [-0.15, -0.1) is 0 Å². The highest BCUT2D eigenvalue weighted by Crippen LogP contribution is 2.35. The summed E-state index contributed by atoms with van der Waals surface area (Å²) in [5.74, 6) is -0.0559. The number of hydrogen-bond donors (Lipinski definition) is 0. The zero-order chi connectivity index (χ0) is 17.6. The van der Waals surface area contributed by atoms with Crippen LogP contribution in [0.4, 0.5) is 13.2 Å². The molecule has 25 heavy (non-hydrogen) atoms. The van der Waals surface area contributed by atoms with Gasteiger partial charge in [0, 0.05) is 24.2 Å². The molecule has 0 bridgehead atoms. The maximum absolute atomic E-state index is 13.2. The number of likely N-dealkylation sites (tertiary alicyclic amines) is 1. The standard InChI is InChI=1S/C17H16F3N3O2/c18-17(19,20)15-13-6-9-25-10-14(13)23(21-15)12-4-2-11(3-5-12)16(24)22-7-1-8-22/h2-5H,1,6-10H2. The highest BCUT2D eigenvalue weighted by molar-refractivity contribution is 5.94. The monoisotopic (exact) mass is 351 g/mol. The Morgan fingerprint density at radius 3 is 2.48 bits per heavy atom. The molecule has 5 nitrogen and oxygen atoms in total. The predicted molar refractivity (Wildman–Crippen MR) is 82.4 cm³/mol. The van der Waals surface area contributed by atoms with Crippen LogP contribution in [0.5, 0.6) is 0 Å². The molecule has 1 saturated heterocycles. The quantitative estimate of drug-likeness (QED) is 0.836. The number of carbonyl (C=O) groups excluding carboxylic acids is 1. The second kappa shape index (κ2) is 5.87. The van der Waals surface area contributed by atoms with Crippen molar-refractivity contribution in [1.29, 1.82) is 0 Å². The Bertz CT molecular complexity index is 808. The van der Waals surface area contributed by atoms with Crippen molar-refractivity contribution in [2.75, 3.05) is 19.7 Å². The van der Waals surface area contributed by atoms with E-state index >= 15 is 0 Å². The Balaban J connectivity index is 1.70. The lowest BCUT2D eigenvalue weighted by atomic mass is 10.1. The molecule has 4 rings (SSSR count). The van der Waals surface area contributed by atoms with Crippen LogP contribution in [0.3, 0.4) is 0 Å². The van der Waals surface area contributed by atoms with Gasteiger partial charge < -0.3 is 9.64 Å². The fourth-order valence-corrected chi connectivity index (χ4v) is 3.13. The highest BCUT2D eigenvalue weighted by Gasteiger charge is 2.40. The lowest BCUT2D eigenvalue weighted by Gasteiger charge is -2.30. The number of hydrogen-bond acceptors (Lipinski definition) is 3. The smallest absolute Gasteiger partial charge is 0.375 e. The van der Waals surface area contributed by atoms with Gasteiger partial charge in [0.1, 0.15) is 0 Å². The number of ether oxygens (including phenoxy) is 1. The van der Waals surface area contributed by atoms with Crippen molar-refractivity contribution >= 4 is 5.91 Å². The van der Waals surface area contributed by atoms with E-state index in [1.807, 2.05) is 0 Å². The van der Waals surface area contributed by atoms with Gasteiger partial charge in [0.2, 0.25) is 0 Å². The summed E-state index contributed by atoms with van der Waals surface area (Å²) in [7, 11) is 0. The number of rotatable bonds is 2. The molecular formula is C17H16F3N3O2. The second-order valence-corrected chi connectivity index (χ2v) is 6.18. The molecular weight excluding hydrogens is 335 g/mol. The van der Waals surface area contributed by atoms with Crippen LogP contribution in [0.1, 0.15) is 33.7 Å². The van der Waals surface area contributed by atoms with Crippen LogP contribution >= 0.6 is 0 Å². The van der Waals surface area contributed by atoms with Crippen LogP contribution in [0.25, 0.3) is 5.69 Å². The first-order valence-corrected chi connectivity index (χ1v) is 8.10. The van der Waals surface area contributed by atoms with Gasteiger partial charge in [0.25, 0.3) is 5.91 Å². The molecule has 0 aliphatic carbocycles. The van der Waals surface area contributed by atoms with E-state index in [2.05, 4.69) is 5.10 Å². The fraction of sp³-hybridized carbons (Fsp3) is 0.412. The number of amides is 1. The third-order valence-electron chi connectivity index (χ3n) is 4.60. The van der Waals surface area contributed by atoms with Crippen LogP contribution < -0.4 is 0 Å². The molecule has 1 fully saturated rings. The van der Waals surface area contributed by atoms with Gasteiger partial charge in [0.05, 0.1) is 24.6 Å². The van der Waals surface area contributed by atoms with Crippen LogP contribution in [0.15, 0.2) is 24.3 Å². The van der Waals surface area contributed by atoms with Crippen molar-refractivity contribution in [2.24, 2.45) is 0 Å². The number of nitrogens with zero attached hydrogens (tertiary/aromatic N) is 3. The molecule has 2 aliphatic heterocycles. The summed E-state index contributed by atoms with van der Waals surface area (Å²) in [5, 5.41) is 3.79. The van der Waals surface area contributed by atoms with Crippen LogP contribution in [-0.2, 0) is 23.9 Å². The molecule has 8 heteroatoms. The molecule has 1 aromatic carbocycles. The number of halogens is 3. The summed E-state index contributed by atoms with van der Waals surface area (Å²) >= 11 is 0. The highest BCUT2D eigenvalue weighted by atomic mass is 19.4. The van der Waals surface area contributed by atoms with Crippen molar-refractivity contribution in [3.63, 3.8) is 0 Å². The van der Waals surface area contributed by atoms with Crippen molar-refractivity contribution < 1.29 is 22.7 Å². The average molecular weight is 351 g/mol. The van der Waals surface area contributed by atoms with E-state index < -0.39 is 11.9 Å². The Labute approximate surface area is 142 Å². The normalized spacial score (nSPS) is 17.2. The molecule has 2 aromatic rings. The van der Waals surface area contributed by atoms with E-state index in [4.69, 9.17) is 4.74 Å². The van der Waals surface area contributed by atoms with Gasteiger partial charge in [-0.2, -0.15) is 18.3 Å². The van der Waals surface area contributed by atoms with Crippen LogP contribution in [0, 0.1) is 0 Å². The first-order chi connectivity index (χ1) is 11.9. The van der Waals surface area contributed by atoms with Gasteiger partial charge in [-0.1, -0.05) is 0 Å². The van der Waals surface area contributed by atoms with E-state index in [0.29, 0.717) is 16.9 Å². The molecule has 1 amide bonds. The van der Waals surface area contributed by atoms with E-state index in [0.717, 1.165) is 19.5 Å². The van der Waals surface area contributed by atoms with Gasteiger partial charge in [-0.3, -0.25) is 4.79 Å². The van der Waals surface area contributed by atoms with Crippen molar-refractivity contribution in [3.8, 4) is 5.69 Å². The molecule has 3 heterocycles. The third-order valence-corrected chi connectivity index (χ3v) is 4.60. The zero-order valence-corrected chi connectivity index (χ0v) is 13.3. The van der Waals surface area contributed by atoms with Crippen molar-refractivity contribution in [1.82, 2.24) is 14.7 Å². The zero-order valence-electron chi connectivity index (χ0n) is 13.3.